The first-order valence-corrected chi connectivity index (χ1v) is 15.5. The molecule has 6 atom stereocenters. The standard InChI is InChI=1S/C33H40N2O5S/c1-4-6-19-40-32(39)27-26-20-22(3)33(41-26)28(27)30(37)35(17-10-7-11-18-36)29(33)31(38)34(16-5-2)25-15-14-23-12-8-9-13-24(23)21-25/h4-5,8-9,12-15,21-22,26-29,36H,1-2,6-7,10-11,16-20H2,3H3/t22?,26-,27+,28+,29?,33?/m1/s1. The molecule has 3 aliphatic rings. The molecule has 1 N–H and O–H groups in total. The maximum absolute atomic E-state index is 14.8. The molecule has 2 aromatic rings. The largest absolute Gasteiger partial charge is 0.465 e. The lowest BCUT2D eigenvalue weighted by Gasteiger charge is -2.40. The molecule has 3 unspecified atom stereocenters. The fourth-order valence-corrected chi connectivity index (χ4v) is 9.57. The number of unbranched alkanes of at least 4 members (excludes halogenated alkanes) is 2. The van der Waals surface area contributed by atoms with Crippen LogP contribution in [0.4, 0.5) is 5.69 Å². The lowest BCUT2D eigenvalue weighted by atomic mass is 9.66. The van der Waals surface area contributed by atoms with Crippen LogP contribution in [0.2, 0.25) is 0 Å². The average Bonchev–Trinajstić information content (AvgIpc) is 3.57. The SMILES string of the molecule is C=CCCOC(=O)[C@@H]1[C@H]2C(=O)N(CCCCCO)C(C(=O)N(CC=C)c3ccc4ccccc4c3)C23S[C@@H]1CC3C. The summed E-state index contributed by atoms with van der Waals surface area (Å²) in [5.41, 5.74) is 0.756. The molecule has 3 heterocycles. The number of aliphatic hydroxyl groups is 1. The van der Waals surface area contributed by atoms with Gasteiger partial charge in [0, 0.05) is 30.6 Å². The topological polar surface area (TPSA) is 87.1 Å². The van der Waals surface area contributed by atoms with Crippen LogP contribution in [-0.4, -0.2) is 70.1 Å². The van der Waals surface area contributed by atoms with E-state index in [-0.39, 0.29) is 42.2 Å². The second kappa shape index (κ2) is 12.4. The van der Waals surface area contributed by atoms with Gasteiger partial charge in [-0.15, -0.1) is 24.9 Å². The van der Waals surface area contributed by atoms with E-state index in [1.54, 1.807) is 33.7 Å². The third-order valence-electron chi connectivity index (χ3n) is 9.00. The summed E-state index contributed by atoms with van der Waals surface area (Å²) in [6, 6.07) is 13.3. The predicted molar refractivity (Wildman–Crippen MR) is 164 cm³/mol. The Kier molecular flexibility index (Phi) is 8.90. The quantitative estimate of drug-likeness (QED) is 0.206. The fraction of sp³-hybridized carbons (Fsp3) is 0.485. The molecule has 3 aliphatic heterocycles. The van der Waals surface area contributed by atoms with Crippen molar-refractivity contribution in [2.45, 2.75) is 55.1 Å². The van der Waals surface area contributed by atoms with Gasteiger partial charge in [-0.05, 0) is 60.9 Å². The summed E-state index contributed by atoms with van der Waals surface area (Å²) in [6.07, 6.45) is 6.79. The maximum atomic E-state index is 14.8. The van der Waals surface area contributed by atoms with Gasteiger partial charge in [0.05, 0.1) is 23.2 Å². The van der Waals surface area contributed by atoms with Gasteiger partial charge in [-0.2, -0.15) is 0 Å². The number of hydrogen-bond donors (Lipinski definition) is 1. The number of esters is 1. The molecule has 3 fully saturated rings. The first-order valence-electron chi connectivity index (χ1n) is 14.7. The zero-order valence-electron chi connectivity index (χ0n) is 23.7. The highest BCUT2D eigenvalue weighted by Crippen LogP contribution is 2.68. The van der Waals surface area contributed by atoms with E-state index in [9.17, 15) is 19.5 Å². The molecule has 0 saturated carbocycles. The van der Waals surface area contributed by atoms with Gasteiger partial charge >= 0.3 is 5.97 Å². The predicted octanol–water partition coefficient (Wildman–Crippen LogP) is 4.98. The van der Waals surface area contributed by atoms with Crippen molar-refractivity contribution in [1.29, 1.82) is 0 Å². The summed E-state index contributed by atoms with van der Waals surface area (Å²) >= 11 is 1.66. The number of carbonyl (C=O) groups excluding carboxylic acids is 3. The molecular weight excluding hydrogens is 536 g/mol. The van der Waals surface area contributed by atoms with E-state index in [0.717, 1.165) is 29.3 Å². The molecule has 8 heteroatoms. The molecule has 218 valence electrons. The molecule has 2 aromatic carbocycles. The Morgan fingerprint density at radius 1 is 1.15 bits per heavy atom. The Hall–Kier alpha value is -3.10. The van der Waals surface area contributed by atoms with Crippen LogP contribution in [-0.2, 0) is 19.1 Å². The van der Waals surface area contributed by atoms with Crippen LogP contribution in [0.1, 0.15) is 39.0 Å². The van der Waals surface area contributed by atoms with Gasteiger partial charge in [0.1, 0.15) is 6.04 Å². The zero-order valence-corrected chi connectivity index (χ0v) is 24.6. The van der Waals surface area contributed by atoms with Gasteiger partial charge < -0.3 is 19.6 Å². The van der Waals surface area contributed by atoms with Crippen molar-refractivity contribution in [3.63, 3.8) is 0 Å². The number of anilines is 1. The van der Waals surface area contributed by atoms with Crippen LogP contribution in [0.15, 0.2) is 67.8 Å². The summed E-state index contributed by atoms with van der Waals surface area (Å²) < 4.78 is 4.90. The van der Waals surface area contributed by atoms with Crippen LogP contribution >= 0.6 is 11.8 Å². The first kappa shape index (κ1) is 29.4. The van der Waals surface area contributed by atoms with E-state index in [1.807, 2.05) is 42.5 Å². The van der Waals surface area contributed by atoms with Crippen molar-refractivity contribution in [1.82, 2.24) is 4.90 Å². The molecule has 2 bridgehead atoms. The Bertz CT molecular complexity index is 1330. The summed E-state index contributed by atoms with van der Waals surface area (Å²) in [7, 11) is 0. The van der Waals surface area contributed by atoms with Crippen LogP contribution in [0.3, 0.4) is 0 Å². The number of carbonyl (C=O) groups is 3. The molecule has 0 aliphatic carbocycles. The molecular formula is C33H40N2O5S. The van der Waals surface area contributed by atoms with Gasteiger partial charge in [0.25, 0.3) is 5.91 Å². The minimum Gasteiger partial charge on any atom is -0.465 e. The second-order valence-electron chi connectivity index (χ2n) is 11.4. The third kappa shape index (κ3) is 5.10. The van der Waals surface area contributed by atoms with E-state index >= 15 is 0 Å². The van der Waals surface area contributed by atoms with Crippen molar-refractivity contribution in [3.8, 4) is 0 Å². The summed E-state index contributed by atoms with van der Waals surface area (Å²) in [4.78, 5) is 45.9. The highest BCUT2D eigenvalue weighted by Gasteiger charge is 2.76. The molecule has 1 spiro atoms. The van der Waals surface area contributed by atoms with E-state index < -0.39 is 22.6 Å². The average molecular weight is 577 g/mol. The number of rotatable bonds is 13. The van der Waals surface area contributed by atoms with E-state index in [1.165, 1.54) is 0 Å². The number of nitrogens with zero attached hydrogens (tertiary/aromatic N) is 2. The minimum atomic E-state index is -0.714. The first-order chi connectivity index (χ1) is 19.9. The van der Waals surface area contributed by atoms with E-state index in [2.05, 4.69) is 20.1 Å². The Morgan fingerprint density at radius 3 is 2.66 bits per heavy atom. The summed E-state index contributed by atoms with van der Waals surface area (Å²) in [5.74, 6) is -1.72. The fourth-order valence-electron chi connectivity index (χ4n) is 7.16. The van der Waals surface area contributed by atoms with Crippen molar-refractivity contribution < 1.29 is 24.2 Å². The molecule has 3 saturated heterocycles. The minimum absolute atomic E-state index is 0.0597. The molecule has 0 aromatic heterocycles. The zero-order chi connectivity index (χ0) is 29.1. The van der Waals surface area contributed by atoms with Crippen LogP contribution in [0, 0.1) is 17.8 Å². The van der Waals surface area contributed by atoms with Gasteiger partial charge in [-0.25, -0.2) is 0 Å². The van der Waals surface area contributed by atoms with Crippen molar-refractivity contribution in [2.75, 3.05) is 31.2 Å². The normalized spacial score (nSPS) is 28.1. The van der Waals surface area contributed by atoms with Crippen LogP contribution in [0.25, 0.3) is 10.8 Å². The number of benzene rings is 2. The second-order valence-corrected chi connectivity index (χ2v) is 12.9. The van der Waals surface area contributed by atoms with Crippen molar-refractivity contribution in [2.24, 2.45) is 17.8 Å². The summed E-state index contributed by atoms with van der Waals surface area (Å²) in [5, 5.41) is 11.4. The number of fused-ring (bicyclic) bond motifs is 2. The highest BCUT2D eigenvalue weighted by molar-refractivity contribution is 8.02. The monoisotopic (exact) mass is 576 g/mol. The highest BCUT2D eigenvalue weighted by atomic mass is 32.2. The van der Waals surface area contributed by atoms with Crippen LogP contribution < -0.4 is 4.90 Å². The molecule has 5 rings (SSSR count). The Balaban J connectivity index is 1.54. The lowest BCUT2D eigenvalue weighted by molar-refractivity contribution is -0.154. The maximum Gasteiger partial charge on any atom is 0.310 e. The van der Waals surface area contributed by atoms with Gasteiger partial charge in [0.2, 0.25) is 5.91 Å². The Labute approximate surface area is 246 Å². The van der Waals surface area contributed by atoms with Crippen molar-refractivity contribution in [3.05, 3.63) is 67.8 Å². The van der Waals surface area contributed by atoms with E-state index in [4.69, 9.17) is 4.74 Å². The molecule has 2 amide bonds. The number of aliphatic hydroxyl groups excluding tert-OH is 1. The number of thioether (sulfide) groups is 1. The number of ether oxygens (including phenoxy) is 1. The van der Waals surface area contributed by atoms with Crippen LogP contribution in [0.5, 0.6) is 0 Å². The number of likely N-dealkylation sites (tertiary alicyclic amines) is 1. The van der Waals surface area contributed by atoms with Gasteiger partial charge in [0.15, 0.2) is 0 Å². The van der Waals surface area contributed by atoms with Crippen molar-refractivity contribution >= 4 is 46.0 Å². The number of amides is 2. The summed E-state index contributed by atoms with van der Waals surface area (Å²) in [6.45, 7) is 10.8. The smallest absolute Gasteiger partial charge is 0.310 e. The van der Waals surface area contributed by atoms with Gasteiger partial charge in [-0.1, -0.05) is 49.4 Å². The third-order valence-corrected chi connectivity index (χ3v) is 11.1. The van der Waals surface area contributed by atoms with Gasteiger partial charge in [-0.3, -0.25) is 14.4 Å². The number of hydrogen-bond acceptors (Lipinski definition) is 6. The molecule has 0 radical (unpaired) electrons. The van der Waals surface area contributed by atoms with E-state index in [0.29, 0.717) is 32.4 Å². The lowest BCUT2D eigenvalue weighted by Crippen LogP contribution is -2.57. The Morgan fingerprint density at radius 2 is 1.93 bits per heavy atom. The molecule has 41 heavy (non-hydrogen) atoms. The molecule has 7 nitrogen and oxygen atoms in total.